The zero-order chi connectivity index (χ0) is 24.9. The van der Waals surface area contributed by atoms with Gasteiger partial charge in [-0.25, -0.2) is 9.97 Å². The van der Waals surface area contributed by atoms with Crippen molar-refractivity contribution in [1.82, 2.24) is 19.7 Å². The Balaban J connectivity index is 1.24. The van der Waals surface area contributed by atoms with Crippen LogP contribution in [-0.2, 0) is 6.18 Å². The van der Waals surface area contributed by atoms with Crippen LogP contribution in [0.25, 0.3) is 5.52 Å². The highest BCUT2D eigenvalue weighted by atomic mass is 79.9. The second-order valence-electron chi connectivity index (χ2n) is 8.77. The number of imidazole rings is 1. The highest BCUT2D eigenvalue weighted by molar-refractivity contribution is 9.10. The van der Waals surface area contributed by atoms with Gasteiger partial charge in [-0.2, -0.15) is 13.2 Å². The van der Waals surface area contributed by atoms with E-state index < -0.39 is 23.8 Å². The Bertz CT molecular complexity index is 1300. The maximum atomic E-state index is 13.5. The molecular weight excluding hydrogens is 551 g/mol. The van der Waals surface area contributed by atoms with E-state index in [1.807, 2.05) is 0 Å². The van der Waals surface area contributed by atoms with E-state index in [0.29, 0.717) is 41.0 Å². The number of nitrogens with one attached hydrogen (secondary N) is 1. The molecule has 2 amide bonds. The van der Waals surface area contributed by atoms with Crippen LogP contribution in [0.1, 0.15) is 75.4 Å². The van der Waals surface area contributed by atoms with Crippen LogP contribution in [0.15, 0.2) is 22.8 Å². The molecule has 3 aromatic rings. The Labute approximate surface area is 210 Å². The van der Waals surface area contributed by atoms with Crippen LogP contribution in [-0.4, -0.2) is 38.3 Å². The summed E-state index contributed by atoms with van der Waals surface area (Å²) in [6.45, 7) is 0. The smallest absolute Gasteiger partial charge is 0.450 e. The van der Waals surface area contributed by atoms with Crippen molar-refractivity contribution in [3.8, 4) is 5.88 Å². The van der Waals surface area contributed by atoms with Gasteiger partial charge in [0.05, 0.1) is 5.52 Å². The number of ether oxygens (including phenoxy) is 1. The topological polar surface area (TPSA) is 112 Å². The molecule has 0 atom stereocenters. The Kier molecular flexibility index (Phi) is 6.24. The fourth-order valence-corrected chi connectivity index (χ4v) is 5.58. The van der Waals surface area contributed by atoms with Crippen LogP contribution in [0, 0.1) is 0 Å². The first kappa shape index (κ1) is 24.0. The maximum absolute atomic E-state index is 13.5. The van der Waals surface area contributed by atoms with Crippen LogP contribution < -0.4 is 15.8 Å². The van der Waals surface area contributed by atoms with Crippen molar-refractivity contribution < 1.29 is 27.5 Å². The largest absolute Gasteiger partial charge is 0.473 e. The third-order valence-electron chi connectivity index (χ3n) is 6.12. The molecule has 0 bridgehead atoms. The lowest BCUT2D eigenvalue weighted by Crippen LogP contribution is -2.40. The number of thiazole rings is 1. The summed E-state index contributed by atoms with van der Waals surface area (Å²) in [7, 11) is 0. The van der Waals surface area contributed by atoms with E-state index in [9.17, 15) is 22.8 Å². The summed E-state index contributed by atoms with van der Waals surface area (Å²) >= 11 is 4.43. The number of halogens is 4. The van der Waals surface area contributed by atoms with E-state index in [4.69, 9.17) is 10.5 Å². The number of rotatable bonds is 6. The molecule has 35 heavy (non-hydrogen) atoms. The number of primary amides is 1. The molecule has 3 heterocycles. The minimum atomic E-state index is -4.71. The summed E-state index contributed by atoms with van der Waals surface area (Å²) in [5, 5.41) is 3.68. The maximum Gasteiger partial charge on any atom is 0.450 e. The number of nitrogens with zero attached hydrogens (tertiary/aromatic N) is 3. The number of hydrogen-bond acceptors (Lipinski definition) is 6. The standard InChI is InChI=1S/C22H21BrF3N5O3S/c23-11-3-8-14-15(29-21(22(24,25)26)31(14)9-11)18(33)28-12-4-6-13(7-5-12)34-19-16(17(27)32)35-20(30-19)10-1-2-10/h3,8-10,12-13H,1-2,4-7H2,(H2,27,32)(H,28,33)/t12-,13-. The fraction of sp³-hybridized carbons (Fsp3) is 0.455. The van der Waals surface area contributed by atoms with Gasteiger partial charge < -0.3 is 15.8 Å². The normalized spacial score (nSPS) is 20.7. The highest BCUT2D eigenvalue weighted by Gasteiger charge is 2.38. The van der Waals surface area contributed by atoms with Crippen molar-refractivity contribution in [2.45, 2.75) is 62.8 Å². The Morgan fingerprint density at radius 3 is 2.49 bits per heavy atom. The van der Waals surface area contributed by atoms with Gasteiger partial charge in [0.25, 0.3) is 11.8 Å². The van der Waals surface area contributed by atoms with Gasteiger partial charge in [0.2, 0.25) is 11.7 Å². The molecule has 0 spiro atoms. The van der Waals surface area contributed by atoms with E-state index in [0.717, 1.165) is 22.2 Å². The van der Waals surface area contributed by atoms with Crippen LogP contribution >= 0.6 is 27.3 Å². The Morgan fingerprint density at radius 1 is 1.14 bits per heavy atom. The molecule has 0 radical (unpaired) electrons. The lowest BCUT2D eigenvalue weighted by atomic mass is 9.93. The molecule has 186 valence electrons. The van der Waals surface area contributed by atoms with E-state index in [1.165, 1.54) is 23.6 Å². The lowest BCUT2D eigenvalue weighted by Gasteiger charge is -2.29. The number of carbonyl (C=O) groups excluding carboxylic acids is 2. The van der Waals surface area contributed by atoms with Gasteiger partial charge in [-0.3, -0.25) is 14.0 Å². The molecule has 5 rings (SSSR count). The molecule has 0 unspecified atom stereocenters. The molecule has 2 saturated carbocycles. The van der Waals surface area contributed by atoms with E-state index in [-0.39, 0.29) is 29.2 Å². The second kappa shape index (κ2) is 9.08. The second-order valence-corrected chi connectivity index (χ2v) is 10.7. The summed E-state index contributed by atoms with van der Waals surface area (Å²) in [6, 6.07) is 2.74. The van der Waals surface area contributed by atoms with Crippen LogP contribution in [0.5, 0.6) is 5.88 Å². The quantitative estimate of drug-likeness (QED) is 0.446. The van der Waals surface area contributed by atoms with Crippen molar-refractivity contribution in [1.29, 1.82) is 0 Å². The summed E-state index contributed by atoms with van der Waals surface area (Å²) < 4.78 is 47.7. The summed E-state index contributed by atoms with van der Waals surface area (Å²) in [5.41, 5.74) is 5.28. The third-order valence-corrected chi connectivity index (χ3v) is 7.80. The molecule has 13 heteroatoms. The molecule has 3 N–H and O–H groups in total. The van der Waals surface area contributed by atoms with Crippen molar-refractivity contribution >= 4 is 44.6 Å². The average molecular weight is 572 g/mol. The van der Waals surface area contributed by atoms with Gasteiger partial charge in [0.1, 0.15) is 11.1 Å². The predicted molar refractivity (Wildman–Crippen MR) is 125 cm³/mol. The molecule has 3 aromatic heterocycles. The molecule has 8 nitrogen and oxygen atoms in total. The van der Waals surface area contributed by atoms with Gasteiger partial charge >= 0.3 is 6.18 Å². The number of aromatic nitrogens is 3. The first-order valence-corrected chi connectivity index (χ1v) is 12.7. The Morgan fingerprint density at radius 2 is 1.86 bits per heavy atom. The fourth-order valence-electron chi connectivity index (χ4n) is 4.23. The monoisotopic (exact) mass is 571 g/mol. The molecule has 0 aliphatic heterocycles. The first-order chi connectivity index (χ1) is 16.6. The van der Waals surface area contributed by atoms with Crippen LogP contribution in [0.4, 0.5) is 13.2 Å². The van der Waals surface area contributed by atoms with E-state index in [1.54, 1.807) is 6.07 Å². The van der Waals surface area contributed by atoms with Gasteiger partial charge in [-0.05, 0) is 66.6 Å². The van der Waals surface area contributed by atoms with Crippen molar-refractivity contribution in [3.63, 3.8) is 0 Å². The number of carbonyl (C=O) groups is 2. The third kappa shape index (κ3) is 5.01. The van der Waals surface area contributed by atoms with E-state index in [2.05, 4.69) is 31.2 Å². The van der Waals surface area contributed by atoms with Gasteiger partial charge in [0.15, 0.2) is 10.6 Å². The lowest BCUT2D eigenvalue weighted by molar-refractivity contribution is -0.145. The SMILES string of the molecule is NC(=O)c1sc(C2CC2)nc1O[C@H]1CC[C@H](NC(=O)c2nc(C(F)(F)F)n3cc(Br)ccc23)CC1. The average Bonchev–Trinajstić information content (AvgIpc) is 3.43. The van der Waals surface area contributed by atoms with Gasteiger partial charge in [-0.15, -0.1) is 11.3 Å². The number of fused-ring (bicyclic) bond motifs is 1. The van der Waals surface area contributed by atoms with Gasteiger partial charge in [-0.1, -0.05) is 0 Å². The first-order valence-electron chi connectivity index (χ1n) is 11.1. The van der Waals surface area contributed by atoms with Crippen molar-refractivity contribution in [2.75, 3.05) is 0 Å². The molecule has 0 saturated heterocycles. The number of pyridine rings is 1. The summed E-state index contributed by atoms with van der Waals surface area (Å²) in [5.74, 6) is -1.74. The molecule has 2 aliphatic carbocycles. The molecule has 0 aromatic carbocycles. The number of amides is 2. The van der Waals surface area contributed by atoms with Gasteiger partial charge in [0, 0.05) is 22.6 Å². The summed E-state index contributed by atoms with van der Waals surface area (Å²) in [4.78, 5) is 33.1. The predicted octanol–water partition coefficient (Wildman–Crippen LogP) is 4.67. The molecule has 2 aliphatic rings. The summed E-state index contributed by atoms with van der Waals surface area (Å²) in [6.07, 6.45) is 0.713. The van der Waals surface area contributed by atoms with Crippen LogP contribution in [0.3, 0.4) is 0 Å². The van der Waals surface area contributed by atoms with Crippen molar-refractivity contribution in [2.24, 2.45) is 5.73 Å². The number of hydrogen-bond donors (Lipinski definition) is 2. The Hall–Kier alpha value is -2.67. The molecule has 2 fully saturated rings. The molecular formula is C22H21BrF3N5O3S. The number of alkyl halides is 3. The number of nitrogens with two attached hydrogens (primary N) is 1. The minimum absolute atomic E-state index is 0.0732. The van der Waals surface area contributed by atoms with Crippen molar-refractivity contribution in [3.05, 3.63) is 44.2 Å². The van der Waals surface area contributed by atoms with Crippen LogP contribution in [0.2, 0.25) is 0 Å². The highest BCUT2D eigenvalue weighted by Crippen LogP contribution is 2.44. The van der Waals surface area contributed by atoms with E-state index >= 15 is 0 Å². The zero-order valence-electron chi connectivity index (χ0n) is 18.3. The zero-order valence-corrected chi connectivity index (χ0v) is 20.7. The minimum Gasteiger partial charge on any atom is -0.473 e.